The van der Waals surface area contributed by atoms with Crippen molar-refractivity contribution in [3.8, 4) is 0 Å². The van der Waals surface area contributed by atoms with Crippen molar-refractivity contribution in [1.29, 1.82) is 0 Å². The number of nitrogens with zero attached hydrogens (tertiary/aromatic N) is 2. The molecule has 0 atom stereocenters. The Morgan fingerprint density at radius 1 is 0.667 bits per heavy atom. The van der Waals surface area contributed by atoms with Crippen LogP contribution < -0.4 is 0 Å². The maximum Gasteiger partial charge on any atom is 0.0568 e. The zero-order valence-electron chi connectivity index (χ0n) is 16.8. The highest BCUT2D eigenvalue weighted by Gasteiger charge is 1.94. The maximum atomic E-state index is 4.17. The third-order valence-electron chi connectivity index (χ3n) is 4.51. The van der Waals surface area contributed by atoms with Gasteiger partial charge in [-0.2, -0.15) is 10.2 Å². The summed E-state index contributed by atoms with van der Waals surface area (Å²) in [7, 11) is 0. The molecule has 0 saturated heterocycles. The predicted molar refractivity (Wildman–Crippen MR) is 119 cm³/mol. The summed E-state index contributed by atoms with van der Waals surface area (Å²) in [5.41, 5.74) is 4.91. The molecule has 2 rings (SSSR count). The first-order valence-corrected chi connectivity index (χ1v) is 10.2. The van der Waals surface area contributed by atoms with Crippen LogP contribution in [0.3, 0.4) is 0 Å². The number of hydrogen-bond donors (Lipinski definition) is 0. The number of aryl methyl sites for hydroxylation is 2. The summed E-state index contributed by atoms with van der Waals surface area (Å²) in [6.07, 6.45) is 16.4. The third-order valence-corrected chi connectivity index (χ3v) is 4.51. The summed E-state index contributed by atoms with van der Waals surface area (Å²) in [4.78, 5) is 0. The van der Waals surface area contributed by atoms with Crippen LogP contribution in [-0.2, 0) is 12.8 Å². The van der Waals surface area contributed by atoms with Crippen LogP contribution >= 0.6 is 0 Å². The standard InChI is InChI=1S/C25H32N2/c1-3-5-7-9-11-23-14-18-25(19-15-23)21-27-26-20-24-16-12-22(13-17-24)10-8-6-4-2/h5,7,12-21H,3-4,6,8-11H2,1-2H3/b7-5+,26-20+,27-21+. The van der Waals surface area contributed by atoms with Crippen molar-refractivity contribution in [2.24, 2.45) is 10.2 Å². The Balaban J connectivity index is 1.79. The summed E-state index contributed by atoms with van der Waals surface area (Å²) in [6, 6.07) is 17.1. The van der Waals surface area contributed by atoms with Crippen molar-refractivity contribution in [2.75, 3.05) is 0 Å². The van der Waals surface area contributed by atoms with Crippen molar-refractivity contribution < 1.29 is 0 Å². The molecule has 0 N–H and O–H groups in total. The lowest BCUT2D eigenvalue weighted by Crippen LogP contribution is -1.87. The van der Waals surface area contributed by atoms with Crippen LogP contribution in [0.4, 0.5) is 0 Å². The largest absolute Gasteiger partial charge is 0.159 e. The molecule has 142 valence electrons. The van der Waals surface area contributed by atoms with E-state index in [1.54, 1.807) is 12.4 Å². The molecular weight excluding hydrogens is 328 g/mol. The Morgan fingerprint density at radius 2 is 1.22 bits per heavy atom. The van der Waals surface area contributed by atoms with Gasteiger partial charge in [-0.1, -0.05) is 87.4 Å². The molecule has 27 heavy (non-hydrogen) atoms. The Morgan fingerprint density at radius 3 is 1.74 bits per heavy atom. The maximum absolute atomic E-state index is 4.17. The minimum atomic E-state index is 1.08. The highest BCUT2D eigenvalue weighted by molar-refractivity contribution is 5.82. The van der Waals surface area contributed by atoms with Crippen LogP contribution in [-0.4, -0.2) is 12.4 Å². The van der Waals surface area contributed by atoms with E-state index in [1.807, 2.05) is 0 Å². The third kappa shape index (κ3) is 8.63. The monoisotopic (exact) mass is 360 g/mol. The fourth-order valence-corrected chi connectivity index (χ4v) is 2.85. The molecule has 2 nitrogen and oxygen atoms in total. The zero-order chi connectivity index (χ0) is 19.2. The Kier molecular flexibility index (Phi) is 9.88. The molecule has 0 spiro atoms. The van der Waals surface area contributed by atoms with Gasteiger partial charge in [-0.3, -0.25) is 0 Å². The lowest BCUT2D eigenvalue weighted by atomic mass is 10.1. The van der Waals surface area contributed by atoms with E-state index in [0.29, 0.717) is 0 Å². The Bertz CT molecular complexity index is 722. The van der Waals surface area contributed by atoms with E-state index in [1.165, 1.54) is 30.4 Å². The molecule has 2 aromatic carbocycles. The zero-order valence-corrected chi connectivity index (χ0v) is 16.8. The smallest absolute Gasteiger partial charge is 0.0568 e. The second-order valence-corrected chi connectivity index (χ2v) is 6.85. The van der Waals surface area contributed by atoms with Gasteiger partial charge in [0.25, 0.3) is 0 Å². The highest BCUT2D eigenvalue weighted by Crippen LogP contribution is 2.08. The van der Waals surface area contributed by atoms with Gasteiger partial charge in [0.05, 0.1) is 12.4 Å². The minimum Gasteiger partial charge on any atom is -0.159 e. The van der Waals surface area contributed by atoms with Gasteiger partial charge in [0.2, 0.25) is 0 Å². The first kappa shape index (κ1) is 20.8. The molecule has 2 aromatic rings. The van der Waals surface area contributed by atoms with Crippen molar-refractivity contribution in [3.63, 3.8) is 0 Å². The number of unbranched alkanes of at least 4 members (excludes halogenated alkanes) is 2. The SMILES string of the molecule is CC/C=C/CCc1ccc(/C=N/N=C/c2ccc(CCCCC)cc2)cc1. The average Bonchev–Trinajstić information content (AvgIpc) is 2.71. The van der Waals surface area contributed by atoms with Crippen LogP contribution in [0, 0.1) is 0 Å². The first-order valence-electron chi connectivity index (χ1n) is 10.2. The van der Waals surface area contributed by atoms with Gasteiger partial charge < -0.3 is 0 Å². The van der Waals surface area contributed by atoms with Gasteiger partial charge in [-0.05, 0) is 54.4 Å². The van der Waals surface area contributed by atoms with Gasteiger partial charge >= 0.3 is 0 Å². The van der Waals surface area contributed by atoms with Gasteiger partial charge in [0.1, 0.15) is 0 Å². The van der Waals surface area contributed by atoms with Gasteiger partial charge in [-0.15, -0.1) is 0 Å². The molecule has 0 heterocycles. The van der Waals surface area contributed by atoms with Gasteiger partial charge in [0.15, 0.2) is 0 Å². The van der Waals surface area contributed by atoms with Crippen LogP contribution in [0.5, 0.6) is 0 Å². The van der Waals surface area contributed by atoms with Crippen molar-refractivity contribution in [1.82, 2.24) is 0 Å². The molecule has 0 unspecified atom stereocenters. The van der Waals surface area contributed by atoms with Gasteiger partial charge in [-0.25, -0.2) is 0 Å². The molecule has 0 fully saturated rings. The topological polar surface area (TPSA) is 24.7 Å². The molecule has 0 radical (unpaired) electrons. The van der Waals surface area contributed by atoms with Crippen molar-refractivity contribution in [3.05, 3.63) is 82.9 Å². The second-order valence-electron chi connectivity index (χ2n) is 6.85. The summed E-state index contributed by atoms with van der Waals surface area (Å²) < 4.78 is 0. The molecule has 0 aliphatic carbocycles. The number of benzene rings is 2. The summed E-state index contributed by atoms with van der Waals surface area (Å²) in [5.74, 6) is 0. The van der Waals surface area contributed by atoms with Gasteiger partial charge in [0, 0.05) is 0 Å². The normalized spacial score (nSPS) is 11.9. The molecule has 0 amide bonds. The van der Waals surface area contributed by atoms with Crippen LogP contribution in [0.2, 0.25) is 0 Å². The second kappa shape index (κ2) is 12.8. The number of rotatable bonds is 11. The van der Waals surface area contributed by atoms with E-state index in [-0.39, 0.29) is 0 Å². The van der Waals surface area contributed by atoms with E-state index in [4.69, 9.17) is 0 Å². The van der Waals surface area contributed by atoms with Crippen LogP contribution in [0.1, 0.15) is 68.2 Å². The molecule has 0 bridgehead atoms. The highest BCUT2D eigenvalue weighted by atomic mass is 15.2. The van der Waals surface area contributed by atoms with E-state index >= 15 is 0 Å². The minimum absolute atomic E-state index is 1.08. The lowest BCUT2D eigenvalue weighted by molar-refractivity contribution is 0.717. The molecular formula is C25H32N2. The lowest BCUT2D eigenvalue weighted by Gasteiger charge is -2.00. The average molecular weight is 361 g/mol. The van der Waals surface area contributed by atoms with Crippen LogP contribution in [0.15, 0.2) is 70.9 Å². The first-order chi connectivity index (χ1) is 13.3. The molecule has 0 saturated carbocycles. The van der Waals surface area contributed by atoms with E-state index in [9.17, 15) is 0 Å². The summed E-state index contributed by atoms with van der Waals surface area (Å²) in [5, 5.41) is 8.34. The van der Waals surface area contributed by atoms with Crippen LogP contribution in [0.25, 0.3) is 0 Å². The Hall–Kier alpha value is -2.48. The predicted octanol–water partition coefficient (Wildman–Crippen LogP) is 6.77. The molecule has 0 aliphatic rings. The molecule has 2 heteroatoms. The van der Waals surface area contributed by atoms with E-state index in [2.05, 4.69) is 84.7 Å². The van der Waals surface area contributed by atoms with Crippen molar-refractivity contribution >= 4 is 12.4 Å². The quantitative estimate of drug-likeness (QED) is 0.183. The Labute approximate surface area is 164 Å². The van der Waals surface area contributed by atoms with E-state index < -0.39 is 0 Å². The number of hydrogen-bond acceptors (Lipinski definition) is 2. The summed E-state index contributed by atoms with van der Waals surface area (Å²) in [6.45, 7) is 4.40. The van der Waals surface area contributed by atoms with E-state index in [0.717, 1.165) is 36.8 Å². The fourth-order valence-electron chi connectivity index (χ4n) is 2.85. The molecule has 0 aromatic heterocycles. The molecule has 0 aliphatic heterocycles. The summed E-state index contributed by atoms with van der Waals surface area (Å²) >= 11 is 0. The fraction of sp³-hybridized carbons (Fsp3) is 0.360. The van der Waals surface area contributed by atoms with Crippen molar-refractivity contribution in [2.45, 2.75) is 58.8 Å². The number of allylic oxidation sites excluding steroid dienone is 2.